The number of hydrogen-bond acceptors (Lipinski definition) is 4. The van der Waals surface area contributed by atoms with Gasteiger partial charge in [0.25, 0.3) is 0 Å². The van der Waals surface area contributed by atoms with E-state index in [2.05, 4.69) is 16.9 Å². The number of alkyl halides is 3. The Morgan fingerprint density at radius 3 is 2.45 bits per heavy atom. The minimum atomic E-state index is -4.42. The molecule has 2 aliphatic heterocycles. The van der Waals surface area contributed by atoms with Crippen molar-refractivity contribution < 1.29 is 18.3 Å². The molecule has 3 atom stereocenters. The lowest BCUT2D eigenvalue weighted by Crippen LogP contribution is -2.41. The molecule has 7 heteroatoms. The van der Waals surface area contributed by atoms with Crippen LogP contribution in [0.2, 0.25) is 0 Å². The van der Waals surface area contributed by atoms with Crippen molar-refractivity contribution in [3.05, 3.63) is 16.1 Å². The lowest BCUT2D eigenvalue weighted by atomic mass is 9.86. The van der Waals surface area contributed by atoms with Crippen LogP contribution < -0.4 is 0 Å². The van der Waals surface area contributed by atoms with Crippen LogP contribution in [0.15, 0.2) is 6.20 Å². The second-order valence-electron chi connectivity index (χ2n) is 5.79. The number of rotatable bonds is 2. The Balaban J connectivity index is 1.73. The van der Waals surface area contributed by atoms with Crippen molar-refractivity contribution >= 4 is 11.3 Å². The molecule has 112 valence electrons. The predicted octanol–water partition coefficient (Wildman–Crippen LogP) is 3.07. The van der Waals surface area contributed by atoms with E-state index in [0.717, 1.165) is 25.7 Å². The van der Waals surface area contributed by atoms with E-state index >= 15 is 0 Å². The van der Waals surface area contributed by atoms with Gasteiger partial charge in [0.2, 0.25) is 0 Å². The molecule has 3 unspecified atom stereocenters. The molecule has 0 amide bonds. The number of aliphatic hydroxyl groups excluding tert-OH is 1. The van der Waals surface area contributed by atoms with E-state index in [1.165, 1.54) is 6.20 Å². The largest absolute Gasteiger partial charge is 0.443 e. The summed E-state index contributed by atoms with van der Waals surface area (Å²) >= 11 is 0.566. The fourth-order valence-corrected chi connectivity index (χ4v) is 4.36. The summed E-state index contributed by atoms with van der Waals surface area (Å²) in [4.78, 5) is 6.08. The van der Waals surface area contributed by atoms with E-state index in [1.54, 1.807) is 0 Å². The average molecular weight is 306 g/mol. The van der Waals surface area contributed by atoms with Gasteiger partial charge >= 0.3 is 6.18 Å². The summed E-state index contributed by atoms with van der Waals surface area (Å²) in [5, 5.41) is 9.49. The third kappa shape index (κ3) is 2.46. The summed E-state index contributed by atoms with van der Waals surface area (Å²) in [6.07, 6.45) is -0.101. The molecule has 3 nitrogen and oxygen atoms in total. The SMILES string of the molecule is CN1C2CCC1CC(C(O)c1cnc(C(F)(F)F)s1)C2. The van der Waals surface area contributed by atoms with E-state index in [0.29, 0.717) is 28.3 Å². The molecule has 0 spiro atoms. The first-order valence-corrected chi connectivity index (χ1v) is 7.61. The zero-order valence-corrected chi connectivity index (χ0v) is 11.9. The predicted molar refractivity (Wildman–Crippen MR) is 69.4 cm³/mol. The molecule has 20 heavy (non-hydrogen) atoms. The summed E-state index contributed by atoms with van der Waals surface area (Å²) in [5.74, 6) is 0.0465. The highest BCUT2D eigenvalue weighted by Crippen LogP contribution is 2.44. The number of halogens is 3. The van der Waals surface area contributed by atoms with Crippen LogP contribution in [-0.4, -0.2) is 34.1 Å². The van der Waals surface area contributed by atoms with Gasteiger partial charge in [0.15, 0.2) is 5.01 Å². The molecule has 2 bridgehead atoms. The van der Waals surface area contributed by atoms with Crippen molar-refractivity contribution in [2.45, 2.75) is 50.0 Å². The molecule has 2 aliphatic rings. The standard InChI is InChI=1S/C13H17F3N2OS/c1-18-8-2-3-9(18)5-7(4-8)11(19)10-6-17-12(20-10)13(14,15)16/h6-9,11,19H,2-5H2,1H3. The first-order chi connectivity index (χ1) is 9.36. The number of nitrogens with zero attached hydrogens (tertiary/aromatic N) is 2. The molecule has 1 aromatic heterocycles. The highest BCUT2D eigenvalue weighted by Gasteiger charge is 2.42. The van der Waals surface area contributed by atoms with Gasteiger partial charge in [0.1, 0.15) is 0 Å². The lowest BCUT2D eigenvalue weighted by Gasteiger charge is -2.38. The Bertz CT molecular complexity index is 476. The number of piperidine rings is 1. The quantitative estimate of drug-likeness (QED) is 0.912. The number of hydrogen-bond donors (Lipinski definition) is 1. The molecule has 2 saturated heterocycles. The first-order valence-electron chi connectivity index (χ1n) is 6.79. The monoisotopic (exact) mass is 306 g/mol. The average Bonchev–Trinajstić information content (AvgIpc) is 2.91. The summed E-state index contributed by atoms with van der Waals surface area (Å²) in [5.41, 5.74) is 0. The molecule has 3 heterocycles. The maximum absolute atomic E-state index is 12.6. The van der Waals surface area contributed by atoms with E-state index in [1.807, 2.05) is 0 Å². The Kier molecular flexibility index (Phi) is 3.54. The van der Waals surface area contributed by atoms with Crippen LogP contribution in [0.3, 0.4) is 0 Å². The maximum Gasteiger partial charge on any atom is 0.443 e. The molecule has 1 N–H and O–H groups in total. The van der Waals surface area contributed by atoms with E-state index in [4.69, 9.17) is 0 Å². The Morgan fingerprint density at radius 2 is 1.95 bits per heavy atom. The van der Waals surface area contributed by atoms with E-state index < -0.39 is 17.3 Å². The van der Waals surface area contributed by atoms with Crippen molar-refractivity contribution in [2.24, 2.45) is 5.92 Å². The molecule has 3 rings (SSSR count). The maximum atomic E-state index is 12.6. The molecule has 0 saturated carbocycles. The fourth-order valence-electron chi connectivity index (χ4n) is 3.50. The summed E-state index contributed by atoms with van der Waals surface area (Å²) in [7, 11) is 2.10. The van der Waals surface area contributed by atoms with Crippen molar-refractivity contribution in [1.29, 1.82) is 0 Å². The van der Waals surface area contributed by atoms with Crippen LogP contribution in [0.4, 0.5) is 13.2 Å². The zero-order valence-electron chi connectivity index (χ0n) is 11.1. The van der Waals surface area contributed by atoms with Gasteiger partial charge in [-0.05, 0) is 38.6 Å². The van der Waals surface area contributed by atoms with Gasteiger partial charge in [0.05, 0.1) is 11.0 Å². The van der Waals surface area contributed by atoms with Crippen LogP contribution in [0.5, 0.6) is 0 Å². The summed E-state index contributed by atoms with van der Waals surface area (Å²) in [6.45, 7) is 0. The number of aromatic nitrogens is 1. The molecule has 2 fully saturated rings. The Hall–Kier alpha value is -0.660. The minimum Gasteiger partial charge on any atom is -0.387 e. The molecule has 0 aromatic carbocycles. The van der Waals surface area contributed by atoms with Crippen molar-refractivity contribution in [1.82, 2.24) is 9.88 Å². The highest BCUT2D eigenvalue weighted by molar-refractivity contribution is 7.11. The fraction of sp³-hybridized carbons (Fsp3) is 0.769. The van der Waals surface area contributed by atoms with Crippen LogP contribution >= 0.6 is 11.3 Å². The van der Waals surface area contributed by atoms with Gasteiger partial charge in [-0.15, -0.1) is 11.3 Å². The van der Waals surface area contributed by atoms with Gasteiger partial charge < -0.3 is 10.0 Å². The van der Waals surface area contributed by atoms with Crippen LogP contribution in [0.25, 0.3) is 0 Å². The third-order valence-corrected chi connectivity index (χ3v) is 5.75. The van der Waals surface area contributed by atoms with Crippen molar-refractivity contribution in [2.75, 3.05) is 7.05 Å². The molecule has 1 aromatic rings. The van der Waals surface area contributed by atoms with Gasteiger partial charge in [-0.2, -0.15) is 13.2 Å². The van der Waals surface area contributed by atoms with Gasteiger partial charge in [0, 0.05) is 18.3 Å². The molecular weight excluding hydrogens is 289 g/mol. The summed E-state index contributed by atoms with van der Waals surface area (Å²) < 4.78 is 37.7. The topological polar surface area (TPSA) is 36.4 Å². The van der Waals surface area contributed by atoms with Crippen LogP contribution in [0.1, 0.15) is 41.7 Å². The van der Waals surface area contributed by atoms with Crippen molar-refractivity contribution in [3.8, 4) is 0 Å². The van der Waals surface area contributed by atoms with Gasteiger partial charge in [-0.3, -0.25) is 0 Å². The molecule has 0 radical (unpaired) electrons. The second kappa shape index (κ2) is 4.96. The normalized spacial score (nSPS) is 32.5. The Morgan fingerprint density at radius 1 is 1.35 bits per heavy atom. The van der Waals surface area contributed by atoms with Gasteiger partial charge in [-0.25, -0.2) is 4.98 Å². The summed E-state index contributed by atoms with van der Waals surface area (Å²) in [6, 6.07) is 0.923. The van der Waals surface area contributed by atoms with E-state index in [9.17, 15) is 18.3 Å². The van der Waals surface area contributed by atoms with Crippen molar-refractivity contribution in [3.63, 3.8) is 0 Å². The number of aliphatic hydroxyl groups is 1. The molecular formula is C13H17F3N2OS. The zero-order chi connectivity index (χ0) is 14.5. The van der Waals surface area contributed by atoms with E-state index in [-0.39, 0.29) is 5.92 Å². The van der Waals surface area contributed by atoms with Crippen LogP contribution in [0, 0.1) is 5.92 Å². The number of fused-ring (bicyclic) bond motifs is 2. The third-order valence-electron chi connectivity index (χ3n) is 4.64. The second-order valence-corrected chi connectivity index (χ2v) is 6.85. The Labute approximate surface area is 119 Å². The van der Waals surface area contributed by atoms with Gasteiger partial charge in [-0.1, -0.05) is 0 Å². The highest BCUT2D eigenvalue weighted by atomic mass is 32.1. The number of thiazole rings is 1. The van der Waals surface area contributed by atoms with Crippen LogP contribution in [-0.2, 0) is 6.18 Å². The lowest BCUT2D eigenvalue weighted by molar-refractivity contribution is -0.137. The first kappa shape index (κ1) is 14.3. The molecule has 0 aliphatic carbocycles. The minimum absolute atomic E-state index is 0.0465. The smallest absolute Gasteiger partial charge is 0.387 e.